The van der Waals surface area contributed by atoms with Crippen LogP contribution in [0.25, 0.3) is 0 Å². The van der Waals surface area contributed by atoms with Crippen molar-refractivity contribution in [1.82, 2.24) is 0 Å². The Morgan fingerprint density at radius 1 is 1.00 bits per heavy atom. The molecule has 0 aliphatic heterocycles. The highest BCUT2D eigenvalue weighted by atomic mass is 79.9. The maximum Gasteiger partial charge on any atom is 0.261 e. The van der Waals surface area contributed by atoms with Gasteiger partial charge in [-0.05, 0) is 52.3 Å². The molecule has 20 heavy (non-hydrogen) atoms. The molecule has 0 bridgehead atoms. The Kier molecular flexibility index (Phi) is 4.49. The predicted molar refractivity (Wildman–Crippen MR) is 85.8 cm³/mol. The normalized spacial score (nSPS) is 11.3. The zero-order valence-corrected chi connectivity index (χ0v) is 13.8. The summed E-state index contributed by atoms with van der Waals surface area (Å²) in [6, 6.07) is 8.95. The van der Waals surface area contributed by atoms with E-state index in [2.05, 4.69) is 20.7 Å². The van der Waals surface area contributed by atoms with Gasteiger partial charge >= 0.3 is 0 Å². The second-order valence-electron chi connectivity index (χ2n) is 3.90. The molecule has 4 nitrogen and oxygen atoms in total. The van der Waals surface area contributed by atoms with E-state index in [1.54, 1.807) is 6.07 Å². The van der Waals surface area contributed by atoms with Crippen LogP contribution in [0.1, 0.15) is 0 Å². The topological polar surface area (TPSA) is 72.2 Å². The summed E-state index contributed by atoms with van der Waals surface area (Å²) in [7, 11) is -3.75. The fourth-order valence-electron chi connectivity index (χ4n) is 1.46. The summed E-state index contributed by atoms with van der Waals surface area (Å²) in [6.45, 7) is 0. The van der Waals surface area contributed by atoms with Crippen molar-refractivity contribution in [3.63, 3.8) is 0 Å². The van der Waals surface area contributed by atoms with Crippen LogP contribution in [0.4, 0.5) is 11.4 Å². The van der Waals surface area contributed by atoms with Gasteiger partial charge in [-0.1, -0.05) is 23.2 Å². The molecule has 8 heteroatoms. The average molecular weight is 396 g/mol. The van der Waals surface area contributed by atoms with Crippen molar-refractivity contribution in [3.8, 4) is 0 Å². The lowest BCUT2D eigenvalue weighted by Crippen LogP contribution is -2.13. The summed E-state index contributed by atoms with van der Waals surface area (Å²) >= 11 is 15.2. The van der Waals surface area contributed by atoms with E-state index in [1.807, 2.05) is 0 Å². The number of halogens is 3. The van der Waals surface area contributed by atoms with Crippen LogP contribution in [0.2, 0.25) is 10.0 Å². The number of sulfonamides is 1. The molecule has 106 valence electrons. The van der Waals surface area contributed by atoms with E-state index in [9.17, 15) is 8.42 Å². The second kappa shape index (κ2) is 5.81. The Bertz CT molecular complexity index is 749. The van der Waals surface area contributed by atoms with Gasteiger partial charge in [0, 0.05) is 10.2 Å². The third-order valence-electron chi connectivity index (χ3n) is 2.47. The van der Waals surface area contributed by atoms with Gasteiger partial charge in [0.15, 0.2) is 0 Å². The first-order valence-electron chi connectivity index (χ1n) is 5.33. The predicted octanol–water partition coefficient (Wildman–Crippen LogP) is 4.14. The number of nitrogen functional groups attached to an aromatic ring is 1. The van der Waals surface area contributed by atoms with Crippen LogP contribution in [0.5, 0.6) is 0 Å². The van der Waals surface area contributed by atoms with Crippen molar-refractivity contribution >= 4 is 60.5 Å². The van der Waals surface area contributed by atoms with E-state index in [1.165, 1.54) is 30.3 Å². The molecule has 2 rings (SSSR count). The molecule has 3 N–H and O–H groups in total. The van der Waals surface area contributed by atoms with Gasteiger partial charge in [0.2, 0.25) is 0 Å². The summed E-state index contributed by atoms with van der Waals surface area (Å²) in [6.07, 6.45) is 0. The molecule has 0 aliphatic carbocycles. The highest BCUT2D eigenvalue weighted by molar-refractivity contribution is 9.10. The lowest BCUT2D eigenvalue weighted by Gasteiger charge is -2.11. The van der Waals surface area contributed by atoms with Crippen LogP contribution in [-0.2, 0) is 10.0 Å². The van der Waals surface area contributed by atoms with Gasteiger partial charge in [-0.15, -0.1) is 0 Å². The number of nitrogens with two attached hydrogens (primary N) is 1. The Balaban J connectivity index is 2.38. The summed E-state index contributed by atoms with van der Waals surface area (Å²) in [5.74, 6) is 0. The third kappa shape index (κ3) is 3.20. The molecule has 0 heterocycles. The fraction of sp³-hybridized carbons (Fsp3) is 0. The number of rotatable bonds is 3. The van der Waals surface area contributed by atoms with Gasteiger partial charge in [-0.3, -0.25) is 4.72 Å². The summed E-state index contributed by atoms with van der Waals surface area (Å²) < 4.78 is 27.4. The quantitative estimate of drug-likeness (QED) is 0.605. The molecule has 0 unspecified atom stereocenters. The van der Waals surface area contributed by atoms with Crippen LogP contribution in [0, 0.1) is 0 Å². The Morgan fingerprint density at radius 2 is 1.60 bits per heavy atom. The SMILES string of the molecule is Nc1ccc(S(=O)(=O)Nc2ccc(Br)c(Cl)c2Cl)cc1. The zero-order valence-electron chi connectivity index (χ0n) is 9.90. The molecular formula is C12H9BrCl2N2O2S. The largest absolute Gasteiger partial charge is 0.399 e. The van der Waals surface area contributed by atoms with Crippen LogP contribution >= 0.6 is 39.1 Å². The number of nitrogens with one attached hydrogen (secondary N) is 1. The van der Waals surface area contributed by atoms with E-state index >= 15 is 0 Å². The smallest absolute Gasteiger partial charge is 0.261 e. The van der Waals surface area contributed by atoms with Gasteiger partial charge in [0.25, 0.3) is 10.0 Å². The average Bonchev–Trinajstić information content (AvgIpc) is 2.40. The van der Waals surface area contributed by atoms with Crippen molar-refractivity contribution in [3.05, 3.63) is 50.9 Å². The molecule has 0 amide bonds. The van der Waals surface area contributed by atoms with Crippen molar-refractivity contribution < 1.29 is 8.42 Å². The van der Waals surface area contributed by atoms with Crippen molar-refractivity contribution in [2.24, 2.45) is 0 Å². The lowest BCUT2D eigenvalue weighted by molar-refractivity contribution is 0.601. The molecule has 0 spiro atoms. The van der Waals surface area contributed by atoms with Gasteiger partial charge < -0.3 is 5.73 Å². The minimum absolute atomic E-state index is 0.0850. The van der Waals surface area contributed by atoms with E-state index in [4.69, 9.17) is 28.9 Å². The highest BCUT2D eigenvalue weighted by Crippen LogP contribution is 2.36. The zero-order chi connectivity index (χ0) is 14.9. The molecule has 0 aromatic heterocycles. The van der Waals surface area contributed by atoms with E-state index in [-0.39, 0.29) is 20.6 Å². The first-order chi connectivity index (χ1) is 9.31. The highest BCUT2D eigenvalue weighted by Gasteiger charge is 2.17. The molecular weight excluding hydrogens is 387 g/mol. The van der Waals surface area contributed by atoms with Gasteiger partial charge in [0.1, 0.15) is 0 Å². The van der Waals surface area contributed by atoms with Crippen LogP contribution < -0.4 is 10.5 Å². The maximum atomic E-state index is 12.2. The molecule has 2 aromatic rings. The monoisotopic (exact) mass is 394 g/mol. The minimum atomic E-state index is -3.75. The van der Waals surface area contributed by atoms with Crippen molar-refractivity contribution in [2.45, 2.75) is 4.90 Å². The lowest BCUT2D eigenvalue weighted by atomic mass is 10.3. The maximum absolute atomic E-state index is 12.2. The molecule has 0 saturated carbocycles. The summed E-state index contributed by atoms with van der Waals surface area (Å²) in [4.78, 5) is 0.0850. The van der Waals surface area contributed by atoms with Gasteiger partial charge in [-0.25, -0.2) is 8.42 Å². The van der Waals surface area contributed by atoms with E-state index in [0.717, 1.165) is 0 Å². The molecule has 0 aliphatic rings. The van der Waals surface area contributed by atoms with Crippen LogP contribution in [0.3, 0.4) is 0 Å². The number of hydrogen-bond acceptors (Lipinski definition) is 3. The van der Waals surface area contributed by atoms with Crippen LogP contribution in [0.15, 0.2) is 45.8 Å². The summed E-state index contributed by atoms with van der Waals surface area (Å²) in [5, 5.41) is 0.365. The minimum Gasteiger partial charge on any atom is -0.399 e. The number of anilines is 2. The van der Waals surface area contributed by atoms with Crippen LogP contribution in [-0.4, -0.2) is 8.42 Å². The van der Waals surface area contributed by atoms with E-state index in [0.29, 0.717) is 10.2 Å². The van der Waals surface area contributed by atoms with E-state index < -0.39 is 10.0 Å². The molecule has 2 aromatic carbocycles. The number of hydrogen-bond donors (Lipinski definition) is 2. The Labute approximate surface area is 135 Å². The standard InChI is InChI=1S/C12H9BrCl2N2O2S/c13-9-5-6-10(12(15)11(9)14)17-20(18,19)8-3-1-7(16)2-4-8/h1-6,17H,16H2. The summed E-state index contributed by atoms with van der Waals surface area (Å²) in [5.41, 5.74) is 6.21. The Morgan fingerprint density at radius 3 is 2.20 bits per heavy atom. The third-order valence-corrected chi connectivity index (χ3v) is 5.62. The Hall–Kier alpha value is -0.950. The molecule has 0 fully saturated rings. The van der Waals surface area contributed by atoms with Gasteiger partial charge in [-0.2, -0.15) is 0 Å². The van der Waals surface area contributed by atoms with Gasteiger partial charge in [0.05, 0.1) is 20.6 Å². The molecule has 0 radical (unpaired) electrons. The molecule has 0 atom stereocenters. The number of benzene rings is 2. The van der Waals surface area contributed by atoms with Crippen molar-refractivity contribution in [1.29, 1.82) is 0 Å². The fourth-order valence-corrected chi connectivity index (χ4v) is 3.40. The second-order valence-corrected chi connectivity index (χ2v) is 7.19. The van der Waals surface area contributed by atoms with Crippen molar-refractivity contribution in [2.75, 3.05) is 10.5 Å². The first kappa shape index (κ1) is 15.4. The first-order valence-corrected chi connectivity index (χ1v) is 8.36. The molecule has 0 saturated heterocycles.